The number of amidine groups is 1. The second-order valence-corrected chi connectivity index (χ2v) is 3.45. The van der Waals surface area contributed by atoms with Crippen molar-refractivity contribution in [2.45, 2.75) is 26.7 Å². The Labute approximate surface area is 105 Å². The maximum atomic E-state index is 11.2. The van der Waals surface area contributed by atoms with Gasteiger partial charge < -0.3 is 9.47 Å². The molecule has 0 aromatic carbocycles. The van der Waals surface area contributed by atoms with Crippen LogP contribution >= 0.6 is 0 Å². The van der Waals surface area contributed by atoms with Crippen molar-refractivity contribution in [1.82, 2.24) is 15.9 Å². The van der Waals surface area contributed by atoms with Crippen molar-refractivity contribution in [2.75, 3.05) is 19.8 Å². The fourth-order valence-electron chi connectivity index (χ4n) is 1.44. The van der Waals surface area contributed by atoms with Crippen LogP contribution in [0, 0.1) is 0 Å². The third-order valence-electron chi connectivity index (χ3n) is 2.15. The number of nitrogens with one attached hydrogen (secondary N) is 2. The number of hydrazine groups is 1. The maximum absolute atomic E-state index is 11.2. The summed E-state index contributed by atoms with van der Waals surface area (Å²) in [5.41, 5.74) is 4.79. The third kappa shape index (κ3) is 4.48. The minimum Gasteiger partial charge on any atom is -0.449 e. The molecule has 102 valence electrons. The number of ether oxygens (including phenoxy) is 2. The van der Waals surface area contributed by atoms with Crippen LogP contribution < -0.4 is 10.9 Å². The van der Waals surface area contributed by atoms with Gasteiger partial charge in [0.2, 0.25) is 0 Å². The standard InChI is InChI=1S/C10H18N4O4/c1-3-17-9(15)12-11-8-6-5-7-14(8)13-10(16)18-4-2/h3-7H2,1-2H3,(H,12,15)(H,13,16)/b11-8+. The van der Waals surface area contributed by atoms with Crippen LogP contribution in [0.2, 0.25) is 0 Å². The quantitative estimate of drug-likeness (QED) is 0.728. The molecule has 1 saturated heterocycles. The Morgan fingerprint density at radius 3 is 2.61 bits per heavy atom. The van der Waals surface area contributed by atoms with Gasteiger partial charge >= 0.3 is 12.2 Å². The zero-order chi connectivity index (χ0) is 13.4. The monoisotopic (exact) mass is 258 g/mol. The minimum atomic E-state index is -0.618. The molecule has 0 bridgehead atoms. The highest BCUT2D eigenvalue weighted by Crippen LogP contribution is 2.08. The van der Waals surface area contributed by atoms with Gasteiger partial charge in [-0.15, -0.1) is 0 Å². The van der Waals surface area contributed by atoms with E-state index in [0.29, 0.717) is 25.4 Å². The predicted molar refractivity (Wildman–Crippen MR) is 63.7 cm³/mol. The lowest BCUT2D eigenvalue weighted by Crippen LogP contribution is -2.44. The van der Waals surface area contributed by atoms with Crippen LogP contribution in [0.25, 0.3) is 0 Å². The minimum absolute atomic E-state index is 0.279. The summed E-state index contributed by atoms with van der Waals surface area (Å²) in [5.74, 6) is 0.566. The highest BCUT2D eigenvalue weighted by atomic mass is 16.6. The number of hydrogen-bond donors (Lipinski definition) is 2. The Morgan fingerprint density at radius 2 is 1.94 bits per heavy atom. The summed E-state index contributed by atoms with van der Waals surface area (Å²) in [4.78, 5) is 22.3. The summed E-state index contributed by atoms with van der Waals surface area (Å²) in [7, 11) is 0. The Bertz CT molecular complexity index is 332. The number of carbonyl (C=O) groups excluding carboxylic acids is 2. The van der Waals surface area contributed by atoms with Crippen LogP contribution in [-0.4, -0.2) is 42.8 Å². The molecule has 0 saturated carbocycles. The smallest absolute Gasteiger partial charge is 0.427 e. The van der Waals surface area contributed by atoms with E-state index in [1.165, 1.54) is 0 Å². The lowest BCUT2D eigenvalue weighted by atomic mass is 10.4. The molecule has 18 heavy (non-hydrogen) atoms. The van der Waals surface area contributed by atoms with Crippen LogP contribution in [0.4, 0.5) is 9.59 Å². The van der Waals surface area contributed by atoms with Crippen LogP contribution in [0.5, 0.6) is 0 Å². The molecule has 0 radical (unpaired) electrons. The molecule has 0 spiro atoms. The summed E-state index contributed by atoms with van der Waals surface area (Å²) < 4.78 is 9.43. The van der Waals surface area contributed by atoms with Gasteiger partial charge in [-0.1, -0.05) is 0 Å². The molecule has 2 amide bonds. The van der Waals surface area contributed by atoms with E-state index < -0.39 is 12.2 Å². The van der Waals surface area contributed by atoms with Gasteiger partial charge in [-0.05, 0) is 20.3 Å². The molecule has 1 aliphatic heterocycles. The number of amides is 2. The molecular weight excluding hydrogens is 240 g/mol. The lowest BCUT2D eigenvalue weighted by Gasteiger charge is -2.18. The van der Waals surface area contributed by atoms with Gasteiger partial charge in [0.1, 0.15) is 5.84 Å². The van der Waals surface area contributed by atoms with Gasteiger partial charge in [-0.3, -0.25) is 5.01 Å². The van der Waals surface area contributed by atoms with Crippen LogP contribution in [0.15, 0.2) is 5.10 Å². The van der Waals surface area contributed by atoms with E-state index in [-0.39, 0.29) is 6.61 Å². The molecule has 0 aromatic rings. The molecule has 0 atom stereocenters. The van der Waals surface area contributed by atoms with E-state index in [4.69, 9.17) is 4.74 Å². The molecule has 0 aliphatic carbocycles. The summed E-state index contributed by atoms with van der Waals surface area (Å²) in [6, 6.07) is 0. The number of rotatable bonds is 4. The van der Waals surface area contributed by atoms with Crippen molar-refractivity contribution < 1.29 is 19.1 Å². The van der Waals surface area contributed by atoms with Crippen LogP contribution in [0.3, 0.4) is 0 Å². The molecule has 0 unspecified atom stereocenters. The van der Waals surface area contributed by atoms with Crippen LogP contribution in [-0.2, 0) is 9.47 Å². The average molecular weight is 258 g/mol. The molecule has 1 fully saturated rings. The van der Waals surface area contributed by atoms with Gasteiger partial charge in [-0.2, -0.15) is 5.10 Å². The summed E-state index contributed by atoms with van der Waals surface area (Å²) in [6.45, 7) is 4.63. The van der Waals surface area contributed by atoms with Crippen LogP contribution in [0.1, 0.15) is 26.7 Å². The number of nitrogens with zero attached hydrogens (tertiary/aromatic N) is 2. The predicted octanol–water partition coefficient (Wildman–Crippen LogP) is 0.803. The maximum Gasteiger partial charge on any atom is 0.427 e. The topological polar surface area (TPSA) is 92.3 Å². The van der Waals surface area contributed by atoms with Gasteiger partial charge in [0.25, 0.3) is 0 Å². The number of hydrogen-bond acceptors (Lipinski definition) is 5. The van der Waals surface area contributed by atoms with E-state index in [1.54, 1.807) is 18.9 Å². The first kappa shape index (κ1) is 14.1. The number of hydrazone groups is 1. The Kier molecular flexibility index (Phi) is 5.75. The fraction of sp³-hybridized carbons (Fsp3) is 0.700. The Hall–Kier alpha value is -1.99. The van der Waals surface area contributed by atoms with Gasteiger partial charge in [0.15, 0.2) is 0 Å². The summed E-state index contributed by atoms with van der Waals surface area (Å²) >= 11 is 0. The van der Waals surface area contributed by atoms with Gasteiger partial charge in [0, 0.05) is 13.0 Å². The molecular formula is C10H18N4O4. The molecule has 1 heterocycles. The second kappa shape index (κ2) is 7.36. The third-order valence-corrected chi connectivity index (χ3v) is 2.15. The molecule has 0 aromatic heterocycles. The van der Waals surface area contributed by atoms with Crippen molar-refractivity contribution >= 4 is 18.0 Å². The Morgan fingerprint density at radius 1 is 1.28 bits per heavy atom. The first-order chi connectivity index (χ1) is 8.67. The fourth-order valence-corrected chi connectivity index (χ4v) is 1.44. The van der Waals surface area contributed by atoms with Crippen molar-refractivity contribution in [3.63, 3.8) is 0 Å². The zero-order valence-corrected chi connectivity index (χ0v) is 10.6. The average Bonchev–Trinajstić information content (AvgIpc) is 2.74. The van der Waals surface area contributed by atoms with Gasteiger partial charge in [0.05, 0.1) is 13.2 Å². The molecule has 8 nitrogen and oxygen atoms in total. The summed E-state index contributed by atoms with van der Waals surface area (Å²) in [5, 5.41) is 5.43. The first-order valence-corrected chi connectivity index (χ1v) is 5.87. The van der Waals surface area contributed by atoms with Crippen molar-refractivity contribution in [1.29, 1.82) is 0 Å². The highest BCUT2D eigenvalue weighted by molar-refractivity contribution is 5.86. The normalized spacial score (nSPS) is 16.6. The Balaban J connectivity index is 2.45. The molecule has 8 heteroatoms. The van der Waals surface area contributed by atoms with E-state index in [0.717, 1.165) is 6.42 Å². The largest absolute Gasteiger partial charge is 0.449 e. The zero-order valence-electron chi connectivity index (χ0n) is 10.6. The van der Waals surface area contributed by atoms with E-state index in [1.807, 2.05) is 0 Å². The highest BCUT2D eigenvalue weighted by Gasteiger charge is 2.21. The molecule has 1 rings (SSSR count). The van der Waals surface area contributed by atoms with Crippen molar-refractivity contribution in [3.8, 4) is 0 Å². The number of carbonyl (C=O) groups is 2. The first-order valence-electron chi connectivity index (χ1n) is 5.87. The van der Waals surface area contributed by atoms with E-state index in [2.05, 4.69) is 20.7 Å². The van der Waals surface area contributed by atoms with Crippen molar-refractivity contribution in [3.05, 3.63) is 0 Å². The van der Waals surface area contributed by atoms with E-state index in [9.17, 15) is 9.59 Å². The van der Waals surface area contributed by atoms with Gasteiger partial charge in [-0.25, -0.2) is 20.4 Å². The SMILES string of the molecule is CCOC(=O)N/N=C1\CCCN1NC(=O)OCC. The van der Waals surface area contributed by atoms with E-state index >= 15 is 0 Å². The lowest BCUT2D eigenvalue weighted by molar-refractivity contribution is 0.132. The van der Waals surface area contributed by atoms with Crippen molar-refractivity contribution in [2.24, 2.45) is 5.10 Å². The molecule has 2 N–H and O–H groups in total. The summed E-state index contributed by atoms with van der Waals surface area (Å²) in [6.07, 6.45) is 0.352. The molecule has 1 aliphatic rings. The second-order valence-electron chi connectivity index (χ2n) is 3.45.